The monoisotopic (exact) mass is 1770 g/mol. The van der Waals surface area contributed by atoms with Gasteiger partial charge in [0.05, 0.1) is 36.4 Å². The highest BCUT2D eigenvalue weighted by Crippen LogP contribution is 2.41. The molecule has 416 valence electrons. The molecule has 77 heavy (non-hydrogen) atoms. The van der Waals surface area contributed by atoms with Crippen molar-refractivity contribution in [3.8, 4) is 0 Å². The van der Waals surface area contributed by atoms with Crippen molar-refractivity contribution in [2.75, 3.05) is 5.73 Å². The van der Waals surface area contributed by atoms with Gasteiger partial charge in [-0.15, -0.1) is 16.7 Å². The zero-order valence-electron chi connectivity index (χ0n) is 44.1. The molecule has 0 aromatic heterocycles. The molecule has 6 aromatic rings. The van der Waals surface area contributed by atoms with E-state index in [-0.39, 0.29) is 53.9 Å². The molecule has 0 saturated carbocycles. The van der Waals surface area contributed by atoms with Gasteiger partial charge in [-0.1, -0.05) is 105 Å². The van der Waals surface area contributed by atoms with Gasteiger partial charge in [0.1, 0.15) is 17.0 Å². The summed E-state index contributed by atoms with van der Waals surface area (Å²) >= 11 is 17.6. The van der Waals surface area contributed by atoms with Crippen LogP contribution in [-0.4, -0.2) is 35.8 Å². The number of carbonyl (C=O) groups excluding carboxylic acids is 2. The van der Waals surface area contributed by atoms with E-state index in [1.807, 2.05) is 83.1 Å². The van der Waals surface area contributed by atoms with Crippen molar-refractivity contribution in [3.05, 3.63) is 194 Å². The number of ether oxygens (including phenoxy) is 2. The lowest BCUT2D eigenvalue weighted by molar-refractivity contribution is 0.0412. The molecule has 0 bridgehead atoms. The van der Waals surface area contributed by atoms with E-state index in [1.165, 1.54) is 44.1 Å². The summed E-state index contributed by atoms with van der Waals surface area (Å²) < 4.78 is 30.4. The van der Waals surface area contributed by atoms with Crippen LogP contribution in [0.25, 0.3) is 0 Å². The summed E-state index contributed by atoms with van der Waals surface area (Å²) in [6.45, 7) is 19.9. The van der Waals surface area contributed by atoms with E-state index in [1.54, 1.807) is 13.0 Å². The zero-order chi connectivity index (χ0) is 56.3. The lowest BCUT2D eigenvalue weighted by Crippen LogP contribution is -2.41. The molecule has 0 amide bonds. The Labute approximate surface area is 549 Å². The van der Waals surface area contributed by atoms with Gasteiger partial charge in [0.15, 0.2) is 0 Å². The number of nitrogens with two attached hydrogens (primary N) is 1. The molecule has 10 rings (SSSR count). The van der Waals surface area contributed by atoms with Crippen LogP contribution >= 0.6 is 157 Å². The van der Waals surface area contributed by atoms with Gasteiger partial charge in [-0.25, -0.2) is 9.59 Å². The average molecular weight is 1780 g/mol. The lowest BCUT2D eigenvalue weighted by atomic mass is 10.0. The van der Waals surface area contributed by atoms with Crippen LogP contribution < -0.4 is 11.1 Å². The summed E-state index contributed by atoms with van der Waals surface area (Å²) in [6.07, 6.45) is -0.750. The number of esters is 2. The highest BCUT2D eigenvalue weighted by atomic mass is 127. The van der Waals surface area contributed by atoms with E-state index >= 15 is 0 Å². The maximum atomic E-state index is 12.5. The minimum atomic E-state index is -0.947. The number of fused-ring (bicyclic) bond motifs is 4. The number of carbonyl (C=O) groups is 2. The molecule has 19 heteroatoms. The largest absolute Gasteiger partial charge is 0.597 e. The number of aliphatic hydroxyl groups is 2. The molecule has 7 atom stereocenters. The minimum Gasteiger partial charge on any atom is -0.597 e. The molecule has 0 radical (unpaired) electrons. The first-order chi connectivity index (χ1) is 35.8. The third kappa shape index (κ3) is 17.8. The van der Waals surface area contributed by atoms with Crippen LogP contribution in [0.4, 0.5) is 5.69 Å². The Kier molecular flexibility index (Phi) is 28.2. The van der Waals surface area contributed by atoms with E-state index in [0.29, 0.717) is 22.1 Å². The van der Waals surface area contributed by atoms with Gasteiger partial charge in [-0.3, -0.25) is 0 Å². The maximum Gasteiger partial charge on any atom is 0.341 e. The van der Waals surface area contributed by atoms with Crippen LogP contribution in [0, 0.1) is 17.9 Å². The second-order valence-electron chi connectivity index (χ2n) is 19.1. The topological polar surface area (TPSA) is 157 Å². The van der Waals surface area contributed by atoms with E-state index in [0.717, 1.165) is 53.4 Å². The summed E-state index contributed by atoms with van der Waals surface area (Å²) in [5, 5.41) is 22.7. The predicted octanol–water partition coefficient (Wildman–Crippen LogP) is 17.0. The van der Waals surface area contributed by atoms with Crippen LogP contribution in [0.5, 0.6) is 0 Å². The second kappa shape index (κ2) is 31.7. The predicted molar refractivity (Wildman–Crippen MR) is 365 cm³/mol. The maximum absolute atomic E-state index is 12.5. The Morgan fingerprint density at radius 2 is 1.16 bits per heavy atom. The summed E-state index contributed by atoms with van der Waals surface area (Å²) in [6, 6.07) is 36.9. The van der Waals surface area contributed by atoms with Crippen LogP contribution in [0.1, 0.15) is 174 Å². The van der Waals surface area contributed by atoms with Crippen LogP contribution in [0.15, 0.2) is 109 Å². The molecular weight excluding hydrogens is 1710 g/mol. The molecule has 0 saturated heterocycles. The third-order valence-corrected chi connectivity index (χ3v) is 20.7. The number of hydrogen-bond acceptors (Lipinski definition) is 10. The third-order valence-electron chi connectivity index (χ3n) is 12.8. The van der Waals surface area contributed by atoms with Crippen molar-refractivity contribution in [1.82, 2.24) is 9.62 Å². The zero-order valence-corrected chi connectivity index (χ0v) is 59.7. The fraction of sp³-hybridized carbons (Fsp3) is 0.345. The number of anilines is 1. The Morgan fingerprint density at radius 3 is 1.61 bits per heavy atom. The van der Waals surface area contributed by atoms with E-state index in [4.69, 9.17) is 20.3 Å². The van der Waals surface area contributed by atoms with Gasteiger partial charge in [0.25, 0.3) is 0 Å². The molecule has 0 fully saturated rings. The normalized spacial score (nSPS) is 18.5. The summed E-state index contributed by atoms with van der Waals surface area (Å²) in [5.41, 5.74) is 19.3. The molecule has 4 aliphatic heterocycles. The molecule has 5 N–H and O–H groups in total. The molecule has 5 unspecified atom stereocenters. The molecule has 4 aliphatic rings. The van der Waals surface area contributed by atoms with Gasteiger partial charge in [0, 0.05) is 68.8 Å². The van der Waals surface area contributed by atoms with Crippen molar-refractivity contribution < 1.29 is 33.8 Å². The lowest BCUT2D eigenvalue weighted by Gasteiger charge is -2.32. The van der Waals surface area contributed by atoms with Crippen molar-refractivity contribution in [2.24, 2.45) is 0 Å². The number of nitrogen functional groups attached to an aromatic ring is 1. The van der Waals surface area contributed by atoms with Crippen molar-refractivity contribution >= 4 is 186 Å². The first kappa shape index (κ1) is 68.6. The molecule has 4 heterocycles. The van der Waals surface area contributed by atoms with Crippen LogP contribution in [0.3, 0.4) is 0 Å². The number of halogens is 8. The SMILES string of the molecule is CC(Br)c1cccc(I)c1CBr.CC(O)c1cccc(I)c1CO.CC1OC(=O)c2c(I)cccc21.CC1OC(=O)c2c(N)cccc21.C[C@@H]1NCc2c(I)cccc21.C[C@H]1c2cccc(I)c2CN1[S+]([O-])C(C)(C)C.Cl. The van der Waals surface area contributed by atoms with Gasteiger partial charge >= 0.3 is 11.9 Å². The van der Waals surface area contributed by atoms with Crippen molar-refractivity contribution in [3.63, 3.8) is 0 Å². The fourth-order valence-corrected chi connectivity index (χ4v) is 15.2. The number of nitrogens with one attached hydrogen (secondary N) is 1. The fourth-order valence-electron chi connectivity index (χ4n) is 8.71. The van der Waals surface area contributed by atoms with Crippen molar-refractivity contribution in [2.45, 2.75) is 127 Å². The summed E-state index contributed by atoms with van der Waals surface area (Å²) in [5.74, 6) is -0.502. The summed E-state index contributed by atoms with van der Waals surface area (Å²) in [7, 11) is 0. The number of hydrogen-bond donors (Lipinski definition) is 4. The number of alkyl halides is 2. The van der Waals surface area contributed by atoms with Crippen molar-refractivity contribution in [1.29, 1.82) is 0 Å². The Hall–Kier alpha value is -0.890. The van der Waals surface area contributed by atoms with Gasteiger partial charge < -0.3 is 35.3 Å². The highest BCUT2D eigenvalue weighted by molar-refractivity contribution is 14.1. The van der Waals surface area contributed by atoms with Gasteiger partial charge in [-0.05, 0) is 256 Å². The molecule has 0 aliphatic carbocycles. The van der Waals surface area contributed by atoms with E-state index < -0.39 is 17.5 Å². The van der Waals surface area contributed by atoms with E-state index in [2.05, 4.69) is 230 Å². The highest BCUT2D eigenvalue weighted by Gasteiger charge is 2.41. The second-order valence-corrected chi connectivity index (χ2v) is 29.1. The Balaban J connectivity index is 0.000000200. The standard InChI is InChI=1S/C13H18INOS.C9H9Br2I.C9H10IN.C9H7IO2.C9H11IO2.C9H9NO2.ClH/c1-9-10-6-5-7-12(14)11(10)8-15(9)17(16)13(2,3)4;1-6(11)7-3-2-4-9(12)8(7)5-10;1-6-7-3-2-4-9(10)8(7)5-11-6;1-5-6-3-2-4-7(10)8(6)9(11)12-5;1-6(12)7-3-2-4-9(10)8(7)5-11;1-5-6-3-2-4-7(10)8(6)9(11)12-5;/h5-7,9H,8H2,1-4H3;2-4,6H,5H2,1H3;2-4,6,11H,5H2,1H3;2-5H,1H3;2-4,6,11-12H,5H2,1H3;2-5H,10H2,1H3;1H/t9-,17?;;6-;;;;/m0.0..../s1. The number of nitrogens with zero attached hydrogens (tertiary/aromatic N) is 1. The molecular formula is C58H65Br2ClI5N3O7S. The first-order valence-electron chi connectivity index (χ1n) is 24.4. The Bertz CT molecular complexity index is 2860. The first-order valence-corrected chi connectivity index (χ1v) is 33.0. The molecule has 0 spiro atoms. The number of cyclic esters (lactones) is 2. The smallest absolute Gasteiger partial charge is 0.341 e. The number of benzene rings is 6. The molecule has 10 nitrogen and oxygen atoms in total. The Morgan fingerprint density at radius 1 is 0.701 bits per heavy atom. The van der Waals surface area contributed by atoms with Gasteiger partial charge in [0.2, 0.25) is 0 Å². The minimum absolute atomic E-state index is 0. The number of rotatable bonds is 5. The van der Waals surface area contributed by atoms with Crippen LogP contribution in [-0.2, 0) is 45.9 Å². The molecule has 6 aromatic carbocycles. The van der Waals surface area contributed by atoms with Gasteiger partial charge in [-0.2, -0.15) is 0 Å². The number of aliphatic hydroxyl groups excluding tert-OH is 2. The average Bonchev–Trinajstić information content (AvgIpc) is 4.12. The van der Waals surface area contributed by atoms with Crippen LogP contribution in [0.2, 0.25) is 0 Å². The van der Waals surface area contributed by atoms with E-state index in [9.17, 15) is 19.2 Å². The summed E-state index contributed by atoms with van der Waals surface area (Å²) in [4.78, 5) is 22.9. The quantitative estimate of drug-likeness (QED) is 0.0431.